The second kappa shape index (κ2) is 3.23. The Morgan fingerprint density at radius 1 is 1.46 bits per heavy atom. The van der Waals surface area contributed by atoms with Gasteiger partial charge >= 0.3 is 6.18 Å². The molecule has 0 radical (unpaired) electrons. The molecule has 0 saturated heterocycles. The van der Waals surface area contributed by atoms with Crippen LogP contribution in [-0.4, -0.2) is 4.98 Å². The van der Waals surface area contributed by atoms with Gasteiger partial charge in [0.1, 0.15) is 6.07 Å². The number of pyridine rings is 1. The molecule has 0 spiro atoms. The van der Waals surface area contributed by atoms with Crippen molar-refractivity contribution >= 4 is 11.6 Å². The highest BCUT2D eigenvalue weighted by Crippen LogP contribution is 2.35. The first-order valence-corrected chi connectivity index (χ1v) is 3.46. The topological polar surface area (TPSA) is 36.7 Å². The highest BCUT2D eigenvalue weighted by Gasteiger charge is 2.34. The summed E-state index contributed by atoms with van der Waals surface area (Å²) < 4.78 is 36.4. The van der Waals surface area contributed by atoms with Gasteiger partial charge < -0.3 is 0 Å². The van der Waals surface area contributed by atoms with Gasteiger partial charge in [-0.3, -0.25) is 0 Å². The van der Waals surface area contributed by atoms with Gasteiger partial charge in [-0.25, -0.2) is 4.98 Å². The summed E-state index contributed by atoms with van der Waals surface area (Å²) in [5.74, 6) is 0. The maximum Gasteiger partial charge on any atom is 0.418 e. The second-order valence-corrected chi connectivity index (χ2v) is 2.51. The molecule has 0 bridgehead atoms. The molecule has 0 aliphatic heterocycles. The zero-order valence-electron chi connectivity index (χ0n) is 6.06. The first kappa shape index (κ1) is 9.81. The number of hydrogen-bond donors (Lipinski definition) is 0. The number of nitrogens with zero attached hydrogens (tertiary/aromatic N) is 2. The van der Waals surface area contributed by atoms with Gasteiger partial charge in [0, 0.05) is 6.20 Å². The lowest BCUT2D eigenvalue weighted by molar-refractivity contribution is -0.137. The van der Waals surface area contributed by atoms with Crippen molar-refractivity contribution < 1.29 is 13.2 Å². The van der Waals surface area contributed by atoms with Crippen molar-refractivity contribution in [2.24, 2.45) is 0 Å². The zero-order valence-corrected chi connectivity index (χ0v) is 6.82. The van der Waals surface area contributed by atoms with Crippen LogP contribution in [0.25, 0.3) is 0 Å². The van der Waals surface area contributed by atoms with E-state index in [4.69, 9.17) is 16.9 Å². The molecule has 68 valence electrons. The van der Waals surface area contributed by atoms with Crippen molar-refractivity contribution in [1.29, 1.82) is 5.26 Å². The average molecular weight is 207 g/mol. The van der Waals surface area contributed by atoms with E-state index in [0.29, 0.717) is 0 Å². The Bertz CT molecular complexity index is 367. The Balaban J connectivity index is 3.34. The van der Waals surface area contributed by atoms with Crippen molar-refractivity contribution in [2.75, 3.05) is 0 Å². The van der Waals surface area contributed by atoms with Crippen LogP contribution in [0.4, 0.5) is 13.2 Å². The summed E-state index contributed by atoms with van der Waals surface area (Å²) in [5.41, 5.74) is -1.46. The van der Waals surface area contributed by atoms with E-state index in [1.165, 1.54) is 6.07 Å². The van der Waals surface area contributed by atoms with E-state index < -0.39 is 22.5 Å². The number of rotatable bonds is 0. The minimum Gasteiger partial charge on any atom is -0.244 e. The summed E-state index contributed by atoms with van der Waals surface area (Å²) in [4.78, 5) is 3.38. The molecule has 0 aromatic carbocycles. The molecule has 0 saturated carbocycles. The lowest BCUT2D eigenvalue weighted by Crippen LogP contribution is -2.07. The van der Waals surface area contributed by atoms with E-state index in [2.05, 4.69) is 4.98 Å². The molecule has 0 aliphatic carbocycles. The summed E-state index contributed by atoms with van der Waals surface area (Å²) in [6, 6.07) is 2.19. The fourth-order valence-corrected chi connectivity index (χ4v) is 1.00. The fourth-order valence-electron chi connectivity index (χ4n) is 0.741. The summed E-state index contributed by atoms with van der Waals surface area (Å²) in [5, 5.41) is 7.69. The van der Waals surface area contributed by atoms with Crippen LogP contribution >= 0.6 is 11.6 Å². The predicted octanol–water partition coefficient (Wildman–Crippen LogP) is 2.63. The average Bonchev–Trinajstić information content (AvgIpc) is 2.02. The number of alkyl halides is 3. The third-order valence-corrected chi connectivity index (χ3v) is 1.68. The molecule has 13 heavy (non-hydrogen) atoms. The van der Waals surface area contributed by atoms with Gasteiger partial charge in [-0.2, -0.15) is 18.4 Å². The Hall–Kier alpha value is -1.28. The zero-order chi connectivity index (χ0) is 10.1. The van der Waals surface area contributed by atoms with Gasteiger partial charge in [-0.05, 0) is 6.07 Å². The molecule has 1 heterocycles. The molecule has 6 heteroatoms. The van der Waals surface area contributed by atoms with Gasteiger partial charge in [-0.1, -0.05) is 11.6 Å². The standard InChI is InChI=1S/C7H2ClF3N2/c8-6-4(7(9,10)11)1-2-13-5(6)3-12/h1-2H. The van der Waals surface area contributed by atoms with E-state index >= 15 is 0 Å². The van der Waals surface area contributed by atoms with Crippen LogP contribution in [0.2, 0.25) is 5.02 Å². The van der Waals surface area contributed by atoms with Gasteiger partial charge in [0.05, 0.1) is 10.6 Å². The summed E-state index contributed by atoms with van der Waals surface area (Å²) in [6.45, 7) is 0. The van der Waals surface area contributed by atoms with Crippen LogP contribution in [-0.2, 0) is 6.18 Å². The van der Waals surface area contributed by atoms with Gasteiger partial charge in [-0.15, -0.1) is 0 Å². The van der Waals surface area contributed by atoms with Crippen molar-refractivity contribution in [3.63, 3.8) is 0 Å². The van der Waals surface area contributed by atoms with Crippen LogP contribution in [0.15, 0.2) is 12.3 Å². The SMILES string of the molecule is N#Cc1nccc(C(F)(F)F)c1Cl. The maximum absolute atomic E-state index is 12.1. The van der Waals surface area contributed by atoms with Crippen LogP contribution in [0.1, 0.15) is 11.3 Å². The van der Waals surface area contributed by atoms with Crippen molar-refractivity contribution in [3.05, 3.63) is 28.5 Å². The normalized spacial score (nSPS) is 11.0. The van der Waals surface area contributed by atoms with Crippen LogP contribution in [0.5, 0.6) is 0 Å². The molecule has 2 nitrogen and oxygen atoms in total. The van der Waals surface area contributed by atoms with Gasteiger partial charge in [0.15, 0.2) is 5.69 Å². The van der Waals surface area contributed by atoms with E-state index in [9.17, 15) is 13.2 Å². The quantitative estimate of drug-likeness (QED) is 0.654. The Kier molecular flexibility index (Phi) is 2.43. The molecule has 0 unspecified atom stereocenters. The van der Waals surface area contributed by atoms with Crippen LogP contribution < -0.4 is 0 Å². The molecule has 0 aliphatic rings. The molecule has 1 rings (SSSR count). The minimum absolute atomic E-state index is 0.420. The second-order valence-electron chi connectivity index (χ2n) is 2.13. The minimum atomic E-state index is -4.55. The van der Waals surface area contributed by atoms with E-state index in [0.717, 1.165) is 12.3 Å². The number of aromatic nitrogens is 1. The molecule has 1 aromatic rings. The summed E-state index contributed by atoms with van der Waals surface area (Å²) >= 11 is 5.29. The number of halogens is 4. The maximum atomic E-state index is 12.1. The van der Waals surface area contributed by atoms with Crippen molar-refractivity contribution in [3.8, 4) is 6.07 Å². The lowest BCUT2D eigenvalue weighted by atomic mass is 10.2. The van der Waals surface area contributed by atoms with Crippen molar-refractivity contribution in [2.45, 2.75) is 6.18 Å². The van der Waals surface area contributed by atoms with Crippen molar-refractivity contribution in [1.82, 2.24) is 4.98 Å². The summed E-state index contributed by atoms with van der Waals surface area (Å²) in [6.07, 6.45) is -3.65. The van der Waals surface area contributed by atoms with Gasteiger partial charge in [0.2, 0.25) is 0 Å². The first-order valence-electron chi connectivity index (χ1n) is 3.08. The smallest absolute Gasteiger partial charge is 0.244 e. The van der Waals surface area contributed by atoms with E-state index in [1.807, 2.05) is 0 Å². The monoisotopic (exact) mass is 206 g/mol. The lowest BCUT2D eigenvalue weighted by Gasteiger charge is -2.07. The third-order valence-electron chi connectivity index (χ3n) is 1.30. The Morgan fingerprint density at radius 2 is 2.08 bits per heavy atom. The third kappa shape index (κ3) is 1.90. The molecule has 0 atom stereocenters. The molecular formula is C7H2ClF3N2. The largest absolute Gasteiger partial charge is 0.418 e. The molecule has 1 aromatic heterocycles. The highest BCUT2D eigenvalue weighted by molar-refractivity contribution is 6.32. The summed E-state index contributed by atoms with van der Waals surface area (Å²) in [7, 11) is 0. The van der Waals surface area contributed by atoms with Crippen LogP contribution in [0, 0.1) is 11.3 Å². The Labute approximate surface area is 76.6 Å². The fraction of sp³-hybridized carbons (Fsp3) is 0.143. The van der Waals surface area contributed by atoms with E-state index in [1.54, 1.807) is 0 Å². The number of hydrogen-bond acceptors (Lipinski definition) is 2. The molecule has 0 fully saturated rings. The predicted molar refractivity (Wildman–Crippen MR) is 39.0 cm³/mol. The van der Waals surface area contributed by atoms with Gasteiger partial charge in [0.25, 0.3) is 0 Å². The molecule has 0 amide bonds. The van der Waals surface area contributed by atoms with Crippen LogP contribution in [0.3, 0.4) is 0 Å². The molecular weight excluding hydrogens is 205 g/mol. The number of nitriles is 1. The highest BCUT2D eigenvalue weighted by atomic mass is 35.5. The van der Waals surface area contributed by atoms with E-state index in [-0.39, 0.29) is 0 Å². The Morgan fingerprint density at radius 3 is 2.54 bits per heavy atom. The molecule has 0 N–H and O–H groups in total. The first-order chi connectivity index (χ1) is 5.96.